The second-order valence-electron chi connectivity index (χ2n) is 9.37. The number of rotatable bonds is 4. The van der Waals surface area contributed by atoms with E-state index in [1.807, 2.05) is 91.3 Å². The number of hydrogen-bond acceptors (Lipinski definition) is 4. The molecule has 0 N–H and O–H groups in total. The molecule has 39 heavy (non-hydrogen) atoms. The molecule has 0 spiro atoms. The summed E-state index contributed by atoms with van der Waals surface area (Å²) in [6.45, 7) is 0. The van der Waals surface area contributed by atoms with E-state index >= 15 is 0 Å². The Morgan fingerprint density at radius 3 is 2.44 bits per heavy atom. The molecule has 0 aliphatic carbocycles. The first kappa shape index (κ1) is 22.2. The van der Waals surface area contributed by atoms with Crippen LogP contribution in [-0.2, 0) is 3.83 Å². The summed E-state index contributed by atoms with van der Waals surface area (Å²) in [5.74, 6) is 2.27. The van der Waals surface area contributed by atoms with Crippen molar-refractivity contribution in [2.24, 2.45) is 0 Å². The number of benzene rings is 4. The summed E-state index contributed by atoms with van der Waals surface area (Å²) in [5.41, 5.74) is 4.75. The average molecular weight is 571 g/mol. The van der Waals surface area contributed by atoms with Gasteiger partial charge in [0.15, 0.2) is 0 Å². The van der Waals surface area contributed by atoms with Crippen molar-refractivity contribution < 1.29 is 8.57 Å². The minimum atomic E-state index is -2.30. The molecule has 0 saturated carbocycles. The molecular weight excluding hydrogens is 551 g/mol. The van der Waals surface area contributed by atoms with Gasteiger partial charge < -0.3 is 0 Å². The molecule has 1 aliphatic heterocycles. The Morgan fingerprint density at radius 2 is 1.51 bits per heavy atom. The van der Waals surface area contributed by atoms with E-state index in [2.05, 4.69) is 39.9 Å². The van der Waals surface area contributed by atoms with Crippen LogP contribution in [0.2, 0.25) is 0 Å². The molecule has 0 bridgehead atoms. The van der Waals surface area contributed by atoms with E-state index < -0.39 is 13.8 Å². The predicted molar refractivity (Wildman–Crippen MR) is 153 cm³/mol. The first-order valence-electron chi connectivity index (χ1n) is 12.6. The summed E-state index contributed by atoms with van der Waals surface area (Å²) >= 11 is -2.30. The van der Waals surface area contributed by atoms with Gasteiger partial charge in [0.05, 0.1) is 0 Å². The van der Waals surface area contributed by atoms with Crippen molar-refractivity contribution in [1.29, 1.82) is 0 Å². The van der Waals surface area contributed by atoms with Crippen LogP contribution >= 0.6 is 0 Å². The monoisotopic (exact) mass is 572 g/mol. The molecular formula is C32H20N4O2Se. The second kappa shape index (κ2) is 8.60. The van der Waals surface area contributed by atoms with E-state index in [0.29, 0.717) is 5.75 Å². The zero-order chi connectivity index (χ0) is 25.9. The van der Waals surface area contributed by atoms with Crippen molar-refractivity contribution in [1.82, 2.24) is 19.3 Å². The van der Waals surface area contributed by atoms with Crippen LogP contribution in [0.3, 0.4) is 0 Å². The molecule has 1 atom stereocenters. The zero-order valence-corrected chi connectivity index (χ0v) is 22.3. The molecule has 7 aromatic rings. The van der Waals surface area contributed by atoms with Gasteiger partial charge >= 0.3 is 175 Å². The summed E-state index contributed by atoms with van der Waals surface area (Å²) in [7, 11) is 0. The van der Waals surface area contributed by atoms with Crippen molar-refractivity contribution in [3.05, 3.63) is 122 Å². The zero-order valence-electron chi connectivity index (χ0n) is 20.6. The van der Waals surface area contributed by atoms with Crippen LogP contribution in [0.15, 0.2) is 122 Å². The topological polar surface area (TPSA) is 61.9 Å². The first-order valence-corrected chi connectivity index (χ1v) is 15.0. The van der Waals surface area contributed by atoms with Crippen LogP contribution in [-0.4, -0.2) is 33.2 Å². The molecule has 1 aliphatic rings. The fraction of sp³-hybridized carbons (Fsp3) is 0. The van der Waals surface area contributed by atoms with Crippen molar-refractivity contribution in [3.63, 3.8) is 0 Å². The van der Waals surface area contributed by atoms with Gasteiger partial charge in [-0.25, -0.2) is 4.98 Å². The third-order valence-corrected chi connectivity index (χ3v) is 10.1. The van der Waals surface area contributed by atoms with Crippen LogP contribution in [0.4, 0.5) is 0 Å². The quantitative estimate of drug-likeness (QED) is 0.256. The van der Waals surface area contributed by atoms with Gasteiger partial charge in [-0.2, -0.15) is 0 Å². The SMILES string of the molecule is O=[Se]1c2ccccc2-c2nn(-c3cccc(Oc4ccc5c6ccccc6n(-c6ccccn6)c5c4)c3)cc21. The molecule has 0 saturated heterocycles. The molecule has 8 rings (SSSR count). The average Bonchev–Trinajstić information content (AvgIpc) is 3.64. The number of nitrogens with zero attached hydrogens (tertiary/aromatic N) is 4. The summed E-state index contributed by atoms with van der Waals surface area (Å²) in [5, 5.41) is 7.10. The summed E-state index contributed by atoms with van der Waals surface area (Å²) in [4.78, 5) is 4.61. The van der Waals surface area contributed by atoms with Crippen LogP contribution in [0, 0.1) is 0 Å². The van der Waals surface area contributed by atoms with Crippen LogP contribution in [0.1, 0.15) is 0 Å². The number of ether oxygens (including phenoxy) is 1. The first-order chi connectivity index (χ1) is 19.2. The van der Waals surface area contributed by atoms with Gasteiger partial charge in [0.2, 0.25) is 0 Å². The van der Waals surface area contributed by atoms with Crippen LogP contribution < -0.4 is 13.7 Å². The van der Waals surface area contributed by atoms with Crippen molar-refractivity contribution in [3.8, 4) is 34.3 Å². The molecule has 0 fully saturated rings. The number of pyridine rings is 1. The maximum absolute atomic E-state index is 13.1. The van der Waals surface area contributed by atoms with Gasteiger partial charge in [-0.3, -0.25) is 0 Å². The number of aromatic nitrogens is 4. The molecule has 0 amide bonds. The molecule has 4 aromatic carbocycles. The fourth-order valence-corrected chi connectivity index (χ4v) is 8.11. The number of para-hydroxylation sites is 1. The van der Waals surface area contributed by atoms with Crippen molar-refractivity contribution in [2.45, 2.75) is 0 Å². The van der Waals surface area contributed by atoms with E-state index in [4.69, 9.17) is 9.84 Å². The molecule has 186 valence electrons. The van der Waals surface area contributed by atoms with E-state index in [1.54, 1.807) is 4.68 Å². The Hall–Kier alpha value is -4.84. The maximum atomic E-state index is 13.1. The molecule has 4 heterocycles. The Labute approximate surface area is 227 Å². The molecule has 7 heteroatoms. The minimum absolute atomic E-state index is 0.693. The second-order valence-corrected chi connectivity index (χ2v) is 12.3. The third kappa shape index (κ3) is 3.48. The molecule has 6 nitrogen and oxygen atoms in total. The van der Waals surface area contributed by atoms with Crippen LogP contribution in [0.25, 0.3) is 44.6 Å². The summed E-state index contributed by atoms with van der Waals surface area (Å²) in [6.07, 6.45) is 3.70. The van der Waals surface area contributed by atoms with E-state index in [0.717, 1.165) is 53.9 Å². The van der Waals surface area contributed by atoms with E-state index in [9.17, 15) is 3.83 Å². The summed E-state index contributed by atoms with van der Waals surface area (Å²) < 4.78 is 25.1. The van der Waals surface area contributed by atoms with Gasteiger partial charge in [-0.05, 0) is 18.2 Å². The Morgan fingerprint density at radius 1 is 0.692 bits per heavy atom. The molecule has 1 unspecified atom stereocenters. The normalized spacial score (nSPS) is 14.0. The van der Waals surface area contributed by atoms with Gasteiger partial charge in [0.1, 0.15) is 0 Å². The van der Waals surface area contributed by atoms with Crippen LogP contribution in [0.5, 0.6) is 11.5 Å². The number of fused-ring (bicyclic) bond motifs is 6. The predicted octanol–water partition coefficient (Wildman–Crippen LogP) is 5.67. The van der Waals surface area contributed by atoms with Crippen molar-refractivity contribution in [2.75, 3.05) is 0 Å². The number of hydrogen-bond donors (Lipinski definition) is 0. The van der Waals surface area contributed by atoms with Crippen molar-refractivity contribution >= 4 is 44.6 Å². The van der Waals surface area contributed by atoms with Gasteiger partial charge in [0, 0.05) is 6.20 Å². The van der Waals surface area contributed by atoms with E-state index in [-0.39, 0.29) is 0 Å². The van der Waals surface area contributed by atoms with Gasteiger partial charge in [-0.1, -0.05) is 24.3 Å². The van der Waals surface area contributed by atoms with Gasteiger partial charge in [0.25, 0.3) is 0 Å². The standard InChI is InChI=1S/C32H20N4O2Se/c37-39-29-13-4-2-11-26(29)32-30(39)20-35(34-32)21-8-7-9-22(18-21)38-23-15-16-25-24-10-1-3-12-27(24)36(28(25)19-23)31-14-5-6-17-33-31/h1-20H. The third-order valence-electron chi connectivity index (χ3n) is 7.06. The fourth-order valence-electron chi connectivity index (χ4n) is 5.33. The van der Waals surface area contributed by atoms with Gasteiger partial charge in [-0.15, -0.1) is 0 Å². The Balaban J connectivity index is 1.18. The molecule has 3 aromatic heterocycles. The molecule has 0 radical (unpaired) electrons. The van der Waals surface area contributed by atoms with E-state index in [1.165, 1.54) is 5.39 Å². The summed E-state index contributed by atoms with van der Waals surface area (Å²) in [6, 6.07) is 36.1. The Kier molecular flexibility index (Phi) is 4.89. The Bertz CT molecular complexity index is 2080.